The standard InChI is InChI=1S/C34H42FN5O6S/c1-20(2)45-22-8-6-21(7-9-22)18-40-26-16-23(24(35)17-27(26)47(43,44)19-25(36)29(40)42)28(41)37-34-13-10-33(11-14-34,12-15-34)31-39-38-30(46-31)32(3,4)5/h6-9,16-17,20,25H,10-15,18-19,36H2,1-5H3,(H,37,41)/t25-,33?,34?/m0/s1. The van der Waals surface area contributed by atoms with Crippen molar-refractivity contribution < 1.29 is 31.6 Å². The molecule has 3 N–H and O–H groups in total. The summed E-state index contributed by atoms with van der Waals surface area (Å²) in [5.41, 5.74) is 5.23. The maximum absolute atomic E-state index is 15.7. The Morgan fingerprint density at radius 3 is 2.32 bits per heavy atom. The molecule has 7 rings (SSSR count). The third kappa shape index (κ3) is 6.27. The maximum atomic E-state index is 15.7. The lowest BCUT2D eigenvalue weighted by atomic mass is 9.57. The molecule has 252 valence electrons. The van der Waals surface area contributed by atoms with Crippen molar-refractivity contribution in [3.63, 3.8) is 0 Å². The summed E-state index contributed by atoms with van der Waals surface area (Å²) < 4.78 is 54.1. The van der Waals surface area contributed by atoms with Crippen molar-refractivity contribution >= 4 is 27.3 Å². The first-order chi connectivity index (χ1) is 22.0. The number of carbonyl (C=O) groups excluding carboxylic acids is 2. The van der Waals surface area contributed by atoms with Gasteiger partial charge in [0.15, 0.2) is 9.84 Å². The van der Waals surface area contributed by atoms with E-state index in [0.717, 1.165) is 25.3 Å². The quantitative estimate of drug-likeness (QED) is 0.364. The molecule has 0 radical (unpaired) electrons. The van der Waals surface area contributed by atoms with E-state index >= 15 is 4.39 Å². The van der Waals surface area contributed by atoms with Gasteiger partial charge in [-0.15, -0.1) is 10.2 Å². The predicted molar refractivity (Wildman–Crippen MR) is 172 cm³/mol. The van der Waals surface area contributed by atoms with Gasteiger partial charge in [-0.1, -0.05) is 32.9 Å². The number of aromatic nitrogens is 2. The van der Waals surface area contributed by atoms with Crippen LogP contribution in [0.5, 0.6) is 5.75 Å². The van der Waals surface area contributed by atoms with Crippen LogP contribution in [0.15, 0.2) is 45.7 Å². The van der Waals surface area contributed by atoms with Crippen molar-refractivity contribution in [3.8, 4) is 5.75 Å². The summed E-state index contributed by atoms with van der Waals surface area (Å²) in [6.07, 6.45) is 4.08. The van der Waals surface area contributed by atoms with Gasteiger partial charge in [-0.2, -0.15) is 0 Å². The second-order valence-corrected chi connectivity index (χ2v) is 16.6. The average Bonchev–Trinajstić information content (AvgIpc) is 3.51. The van der Waals surface area contributed by atoms with Crippen molar-refractivity contribution in [1.82, 2.24) is 15.5 Å². The number of sulfone groups is 1. The van der Waals surface area contributed by atoms with Gasteiger partial charge in [0.05, 0.1) is 40.6 Å². The first-order valence-corrected chi connectivity index (χ1v) is 17.7. The van der Waals surface area contributed by atoms with E-state index in [1.54, 1.807) is 24.3 Å². The maximum Gasteiger partial charge on any atom is 0.254 e. The van der Waals surface area contributed by atoms with Crippen LogP contribution in [0.3, 0.4) is 0 Å². The monoisotopic (exact) mass is 667 g/mol. The first-order valence-electron chi connectivity index (χ1n) is 16.1. The summed E-state index contributed by atoms with van der Waals surface area (Å²) in [7, 11) is -4.15. The number of nitrogens with one attached hydrogen (secondary N) is 1. The minimum Gasteiger partial charge on any atom is -0.491 e. The number of ether oxygens (including phenoxy) is 1. The van der Waals surface area contributed by atoms with Gasteiger partial charge in [0.2, 0.25) is 17.7 Å². The average molecular weight is 668 g/mol. The number of halogens is 1. The van der Waals surface area contributed by atoms with Crippen molar-refractivity contribution in [2.24, 2.45) is 5.73 Å². The lowest BCUT2D eigenvalue weighted by molar-refractivity contribution is -0.119. The molecule has 47 heavy (non-hydrogen) atoms. The molecule has 3 aromatic rings. The van der Waals surface area contributed by atoms with E-state index in [1.807, 2.05) is 34.6 Å². The summed E-state index contributed by atoms with van der Waals surface area (Å²) >= 11 is 0. The van der Waals surface area contributed by atoms with Crippen LogP contribution in [0.4, 0.5) is 10.1 Å². The molecule has 2 heterocycles. The van der Waals surface area contributed by atoms with Gasteiger partial charge >= 0.3 is 0 Å². The van der Waals surface area contributed by atoms with Gasteiger partial charge < -0.3 is 25.1 Å². The molecular weight excluding hydrogens is 625 g/mol. The van der Waals surface area contributed by atoms with E-state index in [-0.39, 0.29) is 39.6 Å². The van der Waals surface area contributed by atoms with Crippen molar-refractivity contribution in [2.75, 3.05) is 10.7 Å². The number of rotatable bonds is 7. The lowest BCUT2D eigenvalue weighted by Crippen LogP contribution is -2.58. The highest BCUT2D eigenvalue weighted by atomic mass is 32.2. The highest BCUT2D eigenvalue weighted by Crippen LogP contribution is 2.53. The summed E-state index contributed by atoms with van der Waals surface area (Å²) in [5.74, 6) is -1.11. The molecule has 4 aliphatic rings. The summed E-state index contributed by atoms with van der Waals surface area (Å²) in [6.45, 7) is 9.83. The van der Waals surface area contributed by atoms with Crippen LogP contribution in [0.25, 0.3) is 0 Å². The van der Waals surface area contributed by atoms with Crippen LogP contribution < -0.4 is 20.7 Å². The molecule has 0 saturated heterocycles. The molecule has 1 aliphatic heterocycles. The molecule has 0 spiro atoms. The summed E-state index contributed by atoms with van der Waals surface area (Å²) in [4.78, 5) is 28.1. The van der Waals surface area contributed by atoms with E-state index in [9.17, 15) is 18.0 Å². The molecule has 2 amide bonds. The van der Waals surface area contributed by atoms with E-state index in [4.69, 9.17) is 14.9 Å². The topological polar surface area (TPSA) is 158 Å². The number of carbonyl (C=O) groups is 2. The molecular formula is C34H42FN5O6S. The van der Waals surface area contributed by atoms with Gasteiger partial charge in [0, 0.05) is 16.4 Å². The summed E-state index contributed by atoms with van der Waals surface area (Å²) in [5, 5.41) is 11.8. The van der Waals surface area contributed by atoms with Crippen LogP contribution in [-0.2, 0) is 32.0 Å². The fourth-order valence-corrected chi connectivity index (χ4v) is 8.49. The molecule has 11 nitrogen and oxygen atoms in total. The highest BCUT2D eigenvalue weighted by molar-refractivity contribution is 7.91. The van der Waals surface area contributed by atoms with Crippen LogP contribution in [0, 0.1) is 5.82 Å². The Balaban J connectivity index is 1.27. The minimum absolute atomic E-state index is 0.0288. The number of nitrogens with two attached hydrogens (primary N) is 1. The van der Waals surface area contributed by atoms with Crippen LogP contribution in [0.2, 0.25) is 0 Å². The van der Waals surface area contributed by atoms with Gasteiger partial charge in [0.1, 0.15) is 11.6 Å². The zero-order valence-electron chi connectivity index (χ0n) is 27.4. The van der Waals surface area contributed by atoms with Crippen molar-refractivity contribution in [2.45, 2.75) is 113 Å². The Labute approximate surface area is 274 Å². The Kier molecular flexibility index (Phi) is 8.23. The molecule has 0 unspecified atom stereocenters. The SMILES string of the molecule is CC(C)Oc1ccc(CN2C(=O)[C@@H](N)CS(=O)(=O)c3cc(F)c(C(=O)NC45CCC(c6nnc(C(C)(C)C)o6)(CC4)CC5)cc32)cc1. The third-order valence-electron chi connectivity index (χ3n) is 9.68. The zero-order valence-corrected chi connectivity index (χ0v) is 28.2. The van der Waals surface area contributed by atoms with Gasteiger partial charge in [-0.3, -0.25) is 9.59 Å². The highest BCUT2D eigenvalue weighted by Gasteiger charge is 2.53. The molecule has 3 saturated carbocycles. The van der Waals surface area contributed by atoms with Crippen molar-refractivity contribution in [3.05, 3.63) is 65.1 Å². The van der Waals surface area contributed by atoms with Gasteiger partial charge in [0.25, 0.3) is 5.91 Å². The number of anilines is 1. The van der Waals surface area contributed by atoms with E-state index < -0.39 is 44.8 Å². The zero-order chi connectivity index (χ0) is 33.9. The Morgan fingerprint density at radius 1 is 1.11 bits per heavy atom. The Morgan fingerprint density at radius 2 is 1.74 bits per heavy atom. The largest absolute Gasteiger partial charge is 0.491 e. The number of amides is 2. The number of nitrogens with zero attached hydrogens (tertiary/aromatic N) is 3. The second kappa shape index (κ2) is 11.7. The van der Waals surface area contributed by atoms with E-state index in [0.29, 0.717) is 42.4 Å². The number of hydrogen-bond acceptors (Lipinski definition) is 9. The fraction of sp³-hybridized carbons (Fsp3) is 0.529. The first kappa shape index (κ1) is 33.1. The number of fused-ring (bicyclic) bond motifs is 4. The van der Waals surface area contributed by atoms with Crippen LogP contribution in [-0.4, -0.2) is 53.9 Å². The van der Waals surface area contributed by atoms with Crippen LogP contribution >= 0.6 is 0 Å². The Bertz CT molecular complexity index is 1790. The molecule has 2 aromatic carbocycles. The summed E-state index contributed by atoms with van der Waals surface area (Å²) in [6, 6.07) is 7.67. The fourth-order valence-electron chi connectivity index (χ4n) is 6.93. The molecule has 1 aromatic heterocycles. The van der Waals surface area contributed by atoms with E-state index in [2.05, 4.69) is 15.5 Å². The molecule has 3 aliphatic carbocycles. The van der Waals surface area contributed by atoms with Gasteiger partial charge in [-0.05, 0) is 82.2 Å². The number of benzene rings is 2. The number of hydrogen-bond donors (Lipinski definition) is 2. The van der Waals surface area contributed by atoms with Crippen molar-refractivity contribution in [1.29, 1.82) is 0 Å². The molecule has 13 heteroatoms. The molecule has 3 fully saturated rings. The lowest BCUT2D eigenvalue weighted by Gasteiger charge is -2.52. The smallest absolute Gasteiger partial charge is 0.254 e. The van der Waals surface area contributed by atoms with Gasteiger partial charge in [-0.25, -0.2) is 12.8 Å². The van der Waals surface area contributed by atoms with E-state index in [1.165, 1.54) is 11.0 Å². The minimum atomic E-state index is -4.15. The normalized spacial score (nSPS) is 25.4. The van der Waals surface area contributed by atoms with Crippen LogP contribution in [0.1, 0.15) is 101 Å². The second-order valence-electron chi connectivity index (χ2n) is 14.6. The third-order valence-corrected chi connectivity index (χ3v) is 11.5. The molecule has 1 atom stereocenters. The molecule has 2 bridgehead atoms. The predicted octanol–water partition coefficient (Wildman–Crippen LogP) is 4.72. The Hall–Kier alpha value is -3.84.